The van der Waals surface area contributed by atoms with Crippen molar-refractivity contribution in [3.05, 3.63) is 11.9 Å². The van der Waals surface area contributed by atoms with E-state index in [0.717, 1.165) is 31.2 Å². The van der Waals surface area contributed by atoms with Crippen LogP contribution in [0.5, 0.6) is 0 Å². The van der Waals surface area contributed by atoms with Crippen molar-refractivity contribution in [2.45, 2.75) is 32.3 Å². The molecule has 94 valence electrons. The molecular weight excluding hydrogens is 216 g/mol. The van der Waals surface area contributed by atoms with Gasteiger partial charge in [0.15, 0.2) is 0 Å². The van der Waals surface area contributed by atoms with Crippen LogP contribution in [0.25, 0.3) is 0 Å². The van der Waals surface area contributed by atoms with Gasteiger partial charge in [0.25, 0.3) is 0 Å². The molecule has 1 saturated heterocycles. The van der Waals surface area contributed by atoms with Crippen LogP contribution in [0, 0.1) is 0 Å². The summed E-state index contributed by atoms with van der Waals surface area (Å²) in [6.45, 7) is 5.98. The maximum absolute atomic E-state index is 5.82. The third kappa shape index (κ3) is 2.66. The number of nitrogen functional groups attached to an aromatic ring is 1. The highest BCUT2D eigenvalue weighted by molar-refractivity contribution is 5.48. The van der Waals surface area contributed by atoms with E-state index >= 15 is 0 Å². The first-order valence-corrected chi connectivity index (χ1v) is 6.02. The van der Waals surface area contributed by atoms with E-state index in [1.54, 1.807) is 7.11 Å². The number of aromatic nitrogens is 2. The van der Waals surface area contributed by atoms with E-state index in [0.29, 0.717) is 11.9 Å². The van der Waals surface area contributed by atoms with Crippen LogP contribution < -0.4 is 10.6 Å². The van der Waals surface area contributed by atoms with Crippen molar-refractivity contribution in [3.8, 4) is 0 Å². The van der Waals surface area contributed by atoms with E-state index in [4.69, 9.17) is 10.5 Å². The second kappa shape index (κ2) is 4.87. The molecule has 0 aliphatic carbocycles. The van der Waals surface area contributed by atoms with Gasteiger partial charge in [-0.05, 0) is 6.42 Å². The molecule has 1 unspecified atom stereocenters. The molecule has 5 heteroatoms. The number of rotatable bonds is 3. The first-order valence-electron chi connectivity index (χ1n) is 6.02. The molecule has 17 heavy (non-hydrogen) atoms. The van der Waals surface area contributed by atoms with Crippen molar-refractivity contribution >= 4 is 11.6 Å². The quantitative estimate of drug-likeness (QED) is 0.859. The van der Waals surface area contributed by atoms with Gasteiger partial charge >= 0.3 is 0 Å². The molecule has 1 fully saturated rings. The minimum absolute atomic E-state index is 0.290. The number of nitrogens with two attached hydrogens (primary N) is 1. The van der Waals surface area contributed by atoms with Gasteiger partial charge in [0.05, 0.1) is 6.10 Å². The van der Waals surface area contributed by atoms with Crippen molar-refractivity contribution < 1.29 is 4.74 Å². The Hall–Kier alpha value is -1.36. The summed E-state index contributed by atoms with van der Waals surface area (Å²) in [4.78, 5) is 11.0. The van der Waals surface area contributed by atoms with E-state index in [2.05, 4.69) is 28.7 Å². The highest BCUT2D eigenvalue weighted by Gasteiger charge is 2.23. The smallest absolute Gasteiger partial charge is 0.135 e. The Bertz CT molecular complexity index is 394. The lowest BCUT2D eigenvalue weighted by Gasteiger charge is -2.18. The molecule has 1 aromatic rings. The molecule has 5 nitrogen and oxygen atoms in total. The summed E-state index contributed by atoms with van der Waals surface area (Å²) >= 11 is 0. The number of methoxy groups -OCH3 is 1. The van der Waals surface area contributed by atoms with Gasteiger partial charge in [0.1, 0.15) is 17.5 Å². The molecule has 0 amide bonds. The van der Waals surface area contributed by atoms with Crippen molar-refractivity contribution in [3.63, 3.8) is 0 Å². The van der Waals surface area contributed by atoms with Crippen molar-refractivity contribution in [1.82, 2.24) is 9.97 Å². The fraction of sp³-hybridized carbons (Fsp3) is 0.667. The normalized spacial score (nSPS) is 20.2. The van der Waals surface area contributed by atoms with E-state index in [1.165, 1.54) is 0 Å². The van der Waals surface area contributed by atoms with Crippen LogP contribution in [0.1, 0.15) is 32.0 Å². The molecule has 0 radical (unpaired) electrons. The fourth-order valence-corrected chi connectivity index (χ4v) is 2.02. The predicted octanol–water partition coefficient (Wildman–Crippen LogP) is 1.41. The Morgan fingerprint density at radius 3 is 2.82 bits per heavy atom. The highest BCUT2D eigenvalue weighted by atomic mass is 16.5. The molecule has 0 bridgehead atoms. The summed E-state index contributed by atoms with van der Waals surface area (Å²) in [5.41, 5.74) is 5.82. The Labute approximate surface area is 102 Å². The van der Waals surface area contributed by atoms with Crippen LogP contribution in [0.15, 0.2) is 6.07 Å². The minimum atomic E-state index is 0.290. The average Bonchev–Trinajstić information content (AvgIpc) is 2.76. The van der Waals surface area contributed by atoms with Gasteiger partial charge in [-0.15, -0.1) is 0 Å². The Kier molecular flexibility index (Phi) is 3.47. The SMILES string of the molecule is COC1CCN(c2cc(N)nc(C(C)C)n2)C1. The number of nitrogens with zero attached hydrogens (tertiary/aromatic N) is 3. The van der Waals surface area contributed by atoms with Crippen LogP contribution in [-0.4, -0.2) is 36.3 Å². The summed E-state index contributed by atoms with van der Waals surface area (Å²) in [5.74, 6) is 2.55. The maximum atomic E-state index is 5.82. The van der Waals surface area contributed by atoms with E-state index in [9.17, 15) is 0 Å². The Balaban J connectivity index is 2.21. The van der Waals surface area contributed by atoms with Crippen LogP contribution >= 0.6 is 0 Å². The largest absolute Gasteiger partial charge is 0.384 e. The molecule has 1 atom stereocenters. The summed E-state index contributed by atoms with van der Waals surface area (Å²) in [5, 5.41) is 0. The minimum Gasteiger partial charge on any atom is -0.384 e. The van der Waals surface area contributed by atoms with Crippen LogP contribution in [-0.2, 0) is 4.74 Å². The topological polar surface area (TPSA) is 64.3 Å². The van der Waals surface area contributed by atoms with Gasteiger partial charge in [-0.2, -0.15) is 0 Å². The number of anilines is 2. The molecule has 1 aromatic heterocycles. The molecule has 1 aliphatic heterocycles. The second-order valence-corrected chi connectivity index (χ2v) is 4.76. The van der Waals surface area contributed by atoms with Gasteiger partial charge < -0.3 is 15.4 Å². The third-order valence-corrected chi connectivity index (χ3v) is 3.07. The number of hydrogen-bond acceptors (Lipinski definition) is 5. The second-order valence-electron chi connectivity index (χ2n) is 4.76. The molecule has 2 rings (SSSR count). The first kappa shape index (κ1) is 12.1. The molecule has 0 aromatic carbocycles. The Morgan fingerprint density at radius 2 is 2.24 bits per heavy atom. The van der Waals surface area contributed by atoms with Crippen molar-refractivity contribution in [2.24, 2.45) is 0 Å². The van der Waals surface area contributed by atoms with Gasteiger partial charge in [-0.3, -0.25) is 0 Å². The fourth-order valence-electron chi connectivity index (χ4n) is 2.02. The number of ether oxygens (including phenoxy) is 1. The van der Waals surface area contributed by atoms with Gasteiger partial charge in [0.2, 0.25) is 0 Å². The summed E-state index contributed by atoms with van der Waals surface area (Å²) in [7, 11) is 1.75. The molecular formula is C12H20N4O. The van der Waals surface area contributed by atoms with Crippen LogP contribution in [0.3, 0.4) is 0 Å². The molecule has 2 heterocycles. The zero-order valence-electron chi connectivity index (χ0n) is 10.7. The van der Waals surface area contributed by atoms with Gasteiger partial charge in [0, 0.05) is 32.2 Å². The maximum Gasteiger partial charge on any atom is 0.135 e. The molecule has 1 aliphatic rings. The van der Waals surface area contributed by atoms with E-state index in [1.807, 2.05) is 6.07 Å². The van der Waals surface area contributed by atoms with Crippen LogP contribution in [0.2, 0.25) is 0 Å². The van der Waals surface area contributed by atoms with Gasteiger partial charge in [-0.25, -0.2) is 9.97 Å². The van der Waals surface area contributed by atoms with E-state index < -0.39 is 0 Å². The van der Waals surface area contributed by atoms with Crippen molar-refractivity contribution in [2.75, 3.05) is 30.8 Å². The van der Waals surface area contributed by atoms with Crippen molar-refractivity contribution in [1.29, 1.82) is 0 Å². The first-order chi connectivity index (χ1) is 8.10. The summed E-state index contributed by atoms with van der Waals surface area (Å²) < 4.78 is 5.35. The van der Waals surface area contributed by atoms with Crippen LogP contribution in [0.4, 0.5) is 11.6 Å². The Morgan fingerprint density at radius 1 is 1.47 bits per heavy atom. The molecule has 2 N–H and O–H groups in total. The predicted molar refractivity (Wildman–Crippen MR) is 68.2 cm³/mol. The van der Waals surface area contributed by atoms with Gasteiger partial charge in [-0.1, -0.05) is 13.8 Å². The summed E-state index contributed by atoms with van der Waals surface area (Å²) in [6.07, 6.45) is 1.34. The average molecular weight is 236 g/mol. The third-order valence-electron chi connectivity index (χ3n) is 3.07. The lowest BCUT2D eigenvalue weighted by atomic mass is 10.2. The lowest BCUT2D eigenvalue weighted by Crippen LogP contribution is -2.24. The highest BCUT2D eigenvalue weighted by Crippen LogP contribution is 2.23. The molecule has 0 saturated carbocycles. The molecule has 0 spiro atoms. The monoisotopic (exact) mass is 236 g/mol. The zero-order valence-corrected chi connectivity index (χ0v) is 10.7. The lowest BCUT2D eigenvalue weighted by molar-refractivity contribution is 0.121. The summed E-state index contributed by atoms with van der Waals surface area (Å²) in [6, 6.07) is 1.84. The number of hydrogen-bond donors (Lipinski definition) is 1. The van der Waals surface area contributed by atoms with E-state index in [-0.39, 0.29) is 5.92 Å². The standard InChI is InChI=1S/C12H20N4O/c1-8(2)12-14-10(13)6-11(15-12)16-5-4-9(7-16)17-3/h6,8-9H,4-5,7H2,1-3H3,(H2,13,14,15). The zero-order chi connectivity index (χ0) is 12.4.